The maximum absolute atomic E-state index is 13.6. The molecule has 3 aromatic carbocycles. The third-order valence-corrected chi connectivity index (χ3v) is 11.5. The Labute approximate surface area is 383 Å². The lowest BCUT2D eigenvalue weighted by molar-refractivity contribution is -0.369. The van der Waals surface area contributed by atoms with Crippen LogP contribution in [0, 0.1) is 0 Å². The Morgan fingerprint density at radius 3 is 1.99 bits per heavy atom. The summed E-state index contributed by atoms with van der Waals surface area (Å²) >= 11 is 0. The van der Waals surface area contributed by atoms with Crippen molar-refractivity contribution in [2.24, 2.45) is 0 Å². The fourth-order valence-electron chi connectivity index (χ4n) is 8.10. The number of hydrogen-bond donors (Lipinski definition) is 6. The van der Waals surface area contributed by atoms with Crippen LogP contribution < -0.4 is 21.3 Å². The van der Waals surface area contributed by atoms with E-state index >= 15 is 0 Å². The van der Waals surface area contributed by atoms with E-state index in [1.54, 1.807) is 30.3 Å². The van der Waals surface area contributed by atoms with Crippen molar-refractivity contribution < 1.29 is 79.4 Å². The number of ether oxygens (including phenoxy) is 6. The number of anilines is 2. The number of nitrogens with one attached hydrogen (secondary N) is 4. The second kappa shape index (κ2) is 23.8. The average Bonchev–Trinajstić information content (AvgIpc) is 3.29. The third kappa shape index (κ3) is 14.5. The molecule has 0 saturated carbocycles. The number of halogens is 6. The van der Waals surface area contributed by atoms with Crippen LogP contribution in [0.4, 0.5) is 47.3 Å². The summed E-state index contributed by atoms with van der Waals surface area (Å²) in [7, 11) is 0. The SMILES string of the molecule is CCCCCCCCCCC(=O)N[C@H]1C(CO)OCC(NC(=O)Nc2cccc(C(F)(F)F)c2)C1O[C@H]1OC2COC(c3ccccc3)O[C@@H]2C(O)C1OC(=O)Nc1cccc(C(F)(F)F)c1. The fraction of sp³-hybridized carbons (Fsp3) is 0.543. The predicted octanol–water partition coefficient (Wildman–Crippen LogP) is 7.82. The molecular formula is C46H56F6N4O11. The number of unbranched alkanes of at least 4 members (excludes halogenated alkanes) is 7. The maximum Gasteiger partial charge on any atom is 0.416 e. The first-order valence-corrected chi connectivity index (χ1v) is 22.3. The number of urea groups is 1. The lowest BCUT2D eigenvalue weighted by atomic mass is 9.93. The molecule has 0 radical (unpaired) electrons. The smallest absolute Gasteiger partial charge is 0.416 e. The molecule has 15 nitrogen and oxygen atoms in total. The van der Waals surface area contributed by atoms with Gasteiger partial charge in [0.05, 0.1) is 43.0 Å². The summed E-state index contributed by atoms with van der Waals surface area (Å²) in [6, 6.07) is 12.7. The van der Waals surface area contributed by atoms with Crippen LogP contribution in [0.25, 0.3) is 0 Å². The quantitative estimate of drug-likeness (QED) is 0.0538. The number of fused-ring (bicyclic) bond motifs is 1. The zero-order valence-electron chi connectivity index (χ0n) is 36.6. The Morgan fingerprint density at radius 1 is 0.731 bits per heavy atom. The van der Waals surface area contributed by atoms with Crippen molar-refractivity contribution in [1.29, 1.82) is 0 Å². The molecule has 3 aliphatic rings. The maximum atomic E-state index is 13.6. The summed E-state index contributed by atoms with van der Waals surface area (Å²) in [6.45, 7) is 0.857. The topological polar surface area (TPSA) is 195 Å². The molecule has 0 spiro atoms. The summed E-state index contributed by atoms with van der Waals surface area (Å²) < 4.78 is 118. The van der Waals surface area contributed by atoms with Crippen LogP contribution >= 0.6 is 0 Å². The van der Waals surface area contributed by atoms with Gasteiger partial charge >= 0.3 is 24.5 Å². The second-order valence-electron chi connectivity index (χ2n) is 16.5. The first-order chi connectivity index (χ1) is 32.0. The van der Waals surface area contributed by atoms with Gasteiger partial charge in [-0.3, -0.25) is 10.1 Å². The molecule has 6 rings (SSSR count). The summed E-state index contributed by atoms with van der Waals surface area (Å²) in [5, 5.41) is 32.5. The standard InChI is InChI=1S/C46H56F6N4O11/c1-2-3-4-5-6-7-8-12-21-35(58)56-36-33(24-57)62-25-32(55-43(60)53-30-19-13-17-28(22-30)45(47,48)49)38(36)65-42-40(67-44(61)54-31-20-14-18-29(23-31)46(50,51)52)37(59)39-34(64-42)26-63-41(66-39)27-15-10-9-11-16-27/h9-11,13-20,22-23,32-34,36-42,57,59H,2-8,12,21,24-26H2,1H3,(H,54,61)(H,56,58)(H2,53,55,60)/t32?,33?,34?,36-,37?,38?,39-,40?,41?,42+/m0/s1. The van der Waals surface area contributed by atoms with E-state index < -0.39 is 116 Å². The number of hydrogen-bond acceptors (Lipinski definition) is 11. The van der Waals surface area contributed by atoms with Crippen molar-refractivity contribution in [3.63, 3.8) is 0 Å². The Kier molecular flexibility index (Phi) is 18.3. The Morgan fingerprint density at radius 2 is 1.36 bits per heavy atom. The highest BCUT2D eigenvalue weighted by atomic mass is 19.4. The molecule has 3 saturated heterocycles. The van der Waals surface area contributed by atoms with Crippen molar-refractivity contribution in [2.45, 2.75) is 138 Å². The van der Waals surface area contributed by atoms with Gasteiger partial charge in [0.2, 0.25) is 5.91 Å². The third-order valence-electron chi connectivity index (χ3n) is 11.5. The van der Waals surface area contributed by atoms with Crippen molar-refractivity contribution in [1.82, 2.24) is 10.6 Å². The van der Waals surface area contributed by atoms with E-state index in [4.69, 9.17) is 28.4 Å². The summed E-state index contributed by atoms with van der Waals surface area (Å²) in [6.07, 6.45) is -14.5. The van der Waals surface area contributed by atoms with Gasteiger partial charge in [-0.05, 0) is 42.8 Å². The van der Waals surface area contributed by atoms with Gasteiger partial charge in [0.1, 0.15) is 30.5 Å². The highest BCUT2D eigenvalue weighted by Crippen LogP contribution is 2.38. The molecule has 3 heterocycles. The van der Waals surface area contributed by atoms with Gasteiger partial charge < -0.3 is 54.6 Å². The number of aliphatic hydroxyl groups is 2. The Balaban J connectivity index is 1.27. The van der Waals surface area contributed by atoms with E-state index in [-0.39, 0.29) is 24.4 Å². The molecule has 368 valence electrons. The zero-order chi connectivity index (χ0) is 48.1. The van der Waals surface area contributed by atoms with Crippen molar-refractivity contribution in [3.8, 4) is 0 Å². The molecule has 21 heteroatoms. The molecule has 7 unspecified atom stereocenters. The van der Waals surface area contributed by atoms with Crippen LogP contribution in [-0.2, 0) is 45.6 Å². The predicted molar refractivity (Wildman–Crippen MR) is 228 cm³/mol. The first kappa shape index (κ1) is 51.4. The minimum Gasteiger partial charge on any atom is -0.438 e. The lowest BCUT2D eigenvalue weighted by Crippen LogP contribution is -2.69. The number of benzene rings is 3. The number of amides is 4. The number of carbonyl (C=O) groups excluding carboxylic acids is 3. The number of aliphatic hydroxyl groups excluding tert-OH is 2. The number of carbonyl (C=O) groups is 3. The summed E-state index contributed by atoms with van der Waals surface area (Å²) in [4.78, 5) is 40.6. The first-order valence-electron chi connectivity index (χ1n) is 22.3. The highest BCUT2D eigenvalue weighted by molar-refractivity contribution is 5.89. The van der Waals surface area contributed by atoms with E-state index in [1.807, 2.05) is 0 Å². The Hall–Kier alpha value is -5.03. The van der Waals surface area contributed by atoms with Crippen LogP contribution in [-0.4, -0.2) is 103 Å². The van der Waals surface area contributed by atoms with Gasteiger partial charge in [0.25, 0.3) is 0 Å². The van der Waals surface area contributed by atoms with Crippen LogP contribution in [0.2, 0.25) is 0 Å². The molecule has 0 aliphatic carbocycles. The van der Waals surface area contributed by atoms with E-state index in [0.29, 0.717) is 18.1 Å². The lowest BCUT2D eigenvalue weighted by Gasteiger charge is -2.49. The summed E-state index contributed by atoms with van der Waals surface area (Å²) in [5.74, 6) is -0.473. The van der Waals surface area contributed by atoms with Crippen molar-refractivity contribution in [2.75, 3.05) is 30.5 Å². The molecular weight excluding hydrogens is 899 g/mol. The van der Waals surface area contributed by atoms with Crippen LogP contribution in [0.1, 0.15) is 87.7 Å². The van der Waals surface area contributed by atoms with Gasteiger partial charge in [-0.2, -0.15) is 26.3 Å². The number of alkyl halides is 6. The van der Waals surface area contributed by atoms with Crippen molar-refractivity contribution in [3.05, 3.63) is 95.6 Å². The molecule has 10 atom stereocenters. The zero-order valence-corrected chi connectivity index (χ0v) is 36.6. The molecule has 6 N–H and O–H groups in total. The van der Waals surface area contributed by atoms with Gasteiger partial charge in [0.15, 0.2) is 18.7 Å². The molecule has 67 heavy (non-hydrogen) atoms. The summed E-state index contributed by atoms with van der Waals surface area (Å²) in [5.41, 5.74) is -2.05. The highest BCUT2D eigenvalue weighted by Gasteiger charge is 2.54. The average molecular weight is 955 g/mol. The van der Waals surface area contributed by atoms with Gasteiger partial charge in [-0.15, -0.1) is 0 Å². The van der Waals surface area contributed by atoms with E-state index in [9.17, 15) is 50.9 Å². The molecule has 0 bridgehead atoms. The van der Waals surface area contributed by atoms with Gasteiger partial charge in [0, 0.05) is 23.4 Å². The van der Waals surface area contributed by atoms with E-state index in [0.717, 1.165) is 75.3 Å². The normalized spacial score (nSPS) is 26.5. The molecule has 3 aromatic rings. The van der Waals surface area contributed by atoms with Crippen LogP contribution in [0.5, 0.6) is 0 Å². The largest absolute Gasteiger partial charge is 0.438 e. The Bertz CT molecular complexity index is 2070. The van der Waals surface area contributed by atoms with Gasteiger partial charge in [-0.25, -0.2) is 9.59 Å². The molecule has 4 amide bonds. The van der Waals surface area contributed by atoms with Gasteiger partial charge in [-0.1, -0.05) is 94.3 Å². The second-order valence-corrected chi connectivity index (χ2v) is 16.5. The molecule has 0 aromatic heterocycles. The molecule has 3 aliphatic heterocycles. The minimum atomic E-state index is -4.75. The van der Waals surface area contributed by atoms with Crippen LogP contribution in [0.15, 0.2) is 78.9 Å². The minimum absolute atomic E-state index is 0.0611. The van der Waals surface area contributed by atoms with Crippen LogP contribution in [0.3, 0.4) is 0 Å². The van der Waals surface area contributed by atoms with E-state index in [2.05, 4.69) is 28.2 Å². The number of rotatable bonds is 18. The van der Waals surface area contributed by atoms with Crippen molar-refractivity contribution >= 4 is 29.4 Å². The monoisotopic (exact) mass is 954 g/mol. The van der Waals surface area contributed by atoms with E-state index in [1.165, 1.54) is 12.1 Å². The molecule has 3 fully saturated rings. The fourth-order valence-corrected chi connectivity index (χ4v) is 8.10.